The average molecular weight is 291 g/mol. The van der Waals surface area contributed by atoms with Crippen molar-refractivity contribution in [1.29, 1.82) is 0 Å². The fraction of sp³-hybridized carbons (Fsp3) is 0.467. The van der Waals surface area contributed by atoms with Crippen LogP contribution in [0.4, 0.5) is 0 Å². The van der Waals surface area contributed by atoms with Crippen LogP contribution in [-0.4, -0.2) is 56.0 Å². The third-order valence-corrected chi connectivity index (χ3v) is 3.25. The summed E-state index contributed by atoms with van der Waals surface area (Å²) in [6, 6.07) is 9.34. The van der Waals surface area contributed by atoms with E-state index in [1.54, 1.807) is 4.90 Å². The second kappa shape index (κ2) is 8.26. The Morgan fingerprint density at radius 2 is 1.90 bits per heavy atom. The molecule has 2 amide bonds. The summed E-state index contributed by atoms with van der Waals surface area (Å²) in [5.74, 6) is 0.533. The molecule has 1 aromatic rings. The Bertz CT molecular complexity index is 458. The predicted octanol–water partition coefficient (Wildman–Crippen LogP) is 0.00350. The van der Waals surface area contributed by atoms with Gasteiger partial charge in [0.05, 0.1) is 19.6 Å². The average Bonchev–Trinajstić information content (AvgIpc) is 2.54. The first-order chi connectivity index (χ1) is 10.3. The summed E-state index contributed by atoms with van der Waals surface area (Å²) in [5, 5.41) is 5.82. The molecule has 1 aliphatic rings. The van der Waals surface area contributed by atoms with Crippen molar-refractivity contribution in [2.75, 3.05) is 39.3 Å². The number of nitrogens with one attached hydrogen (secondary N) is 2. The van der Waals surface area contributed by atoms with Crippen molar-refractivity contribution < 1.29 is 14.3 Å². The van der Waals surface area contributed by atoms with Crippen LogP contribution in [0.1, 0.15) is 6.42 Å². The molecule has 21 heavy (non-hydrogen) atoms. The smallest absolute Gasteiger partial charge is 0.242 e. The molecule has 6 heteroatoms. The van der Waals surface area contributed by atoms with E-state index in [1.807, 2.05) is 30.3 Å². The lowest BCUT2D eigenvalue weighted by Crippen LogP contribution is -2.49. The quantitative estimate of drug-likeness (QED) is 0.774. The van der Waals surface area contributed by atoms with E-state index in [1.165, 1.54) is 0 Å². The summed E-state index contributed by atoms with van der Waals surface area (Å²) in [7, 11) is 0. The Hall–Kier alpha value is -2.08. The summed E-state index contributed by atoms with van der Waals surface area (Å²) in [5.41, 5.74) is 0. The minimum atomic E-state index is -0.172. The standard InChI is InChI=1S/C15H21N3O3/c19-14(6-11-21-13-4-2-1-3-5-13)17-12-15(20)18-9-7-16-8-10-18/h1-5,16H,6-12H2,(H,17,19). The Morgan fingerprint density at radius 3 is 2.62 bits per heavy atom. The molecule has 0 aliphatic carbocycles. The van der Waals surface area contributed by atoms with Gasteiger partial charge in [0, 0.05) is 26.2 Å². The van der Waals surface area contributed by atoms with Gasteiger partial charge in [0.25, 0.3) is 0 Å². The lowest BCUT2D eigenvalue weighted by molar-refractivity contribution is -0.133. The number of para-hydroxylation sites is 1. The molecule has 1 aromatic carbocycles. The zero-order valence-corrected chi connectivity index (χ0v) is 12.0. The lowest BCUT2D eigenvalue weighted by Gasteiger charge is -2.27. The normalized spacial score (nSPS) is 14.6. The van der Waals surface area contributed by atoms with Crippen LogP contribution in [0.2, 0.25) is 0 Å². The van der Waals surface area contributed by atoms with Crippen LogP contribution in [-0.2, 0) is 9.59 Å². The molecule has 2 N–H and O–H groups in total. The van der Waals surface area contributed by atoms with Crippen molar-refractivity contribution in [3.63, 3.8) is 0 Å². The third-order valence-electron chi connectivity index (χ3n) is 3.25. The van der Waals surface area contributed by atoms with Gasteiger partial charge in [-0.25, -0.2) is 0 Å². The molecule has 0 atom stereocenters. The van der Waals surface area contributed by atoms with Crippen molar-refractivity contribution >= 4 is 11.8 Å². The van der Waals surface area contributed by atoms with Crippen molar-refractivity contribution in [2.24, 2.45) is 0 Å². The Kier molecular flexibility index (Phi) is 6.02. The molecular weight excluding hydrogens is 270 g/mol. The first-order valence-electron chi connectivity index (χ1n) is 7.19. The van der Waals surface area contributed by atoms with Crippen LogP contribution < -0.4 is 15.4 Å². The second-order valence-electron chi connectivity index (χ2n) is 4.82. The van der Waals surface area contributed by atoms with Crippen LogP contribution in [0.5, 0.6) is 5.75 Å². The van der Waals surface area contributed by atoms with Gasteiger partial charge in [-0.1, -0.05) is 18.2 Å². The SMILES string of the molecule is O=C(CCOc1ccccc1)NCC(=O)N1CCNCC1. The monoisotopic (exact) mass is 291 g/mol. The van der Waals surface area contributed by atoms with E-state index in [2.05, 4.69) is 10.6 Å². The Balaban J connectivity index is 1.60. The lowest BCUT2D eigenvalue weighted by atomic mass is 10.3. The highest BCUT2D eigenvalue weighted by Gasteiger charge is 2.16. The molecule has 2 rings (SSSR count). The van der Waals surface area contributed by atoms with Crippen molar-refractivity contribution in [1.82, 2.24) is 15.5 Å². The number of rotatable bonds is 6. The molecule has 0 radical (unpaired) electrons. The van der Waals surface area contributed by atoms with Crippen LogP contribution in [0.3, 0.4) is 0 Å². The Labute approximate surface area is 124 Å². The Morgan fingerprint density at radius 1 is 1.19 bits per heavy atom. The number of amides is 2. The number of ether oxygens (including phenoxy) is 1. The molecule has 0 aromatic heterocycles. The van der Waals surface area contributed by atoms with Gasteiger partial charge in [-0.05, 0) is 12.1 Å². The van der Waals surface area contributed by atoms with E-state index in [-0.39, 0.29) is 24.8 Å². The zero-order chi connectivity index (χ0) is 14.9. The van der Waals surface area contributed by atoms with Gasteiger partial charge in [0.2, 0.25) is 11.8 Å². The van der Waals surface area contributed by atoms with Gasteiger partial charge in [-0.15, -0.1) is 0 Å². The molecule has 0 bridgehead atoms. The van der Waals surface area contributed by atoms with Gasteiger partial charge in [-0.3, -0.25) is 9.59 Å². The summed E-state index contributed by atoms with van der Waals surface area (Å²) >= 11 is 0. The second-order valence-corrected chi connectivity index (χ2v) is 4.82. The summed E-state index contributed by atoms with van der Waals surface area (Å²) in [4.78, 5) is 25.3. The number of carbonyl (C=O) groups is 2. The summed E-state index contributed by atoms with van der Waals surface area (Å²) < 4.78 is 5.44. The predicted molar refractivity (Wildman–Crippen MR) is 79.0 cm³/mol. The number of nitrogens with zero attached hydrogens (tertiary/aromatic N) is 1. The largest absolute Gasteiger partial charge is 0.493 e. The van der Waals surface area contributed by atoms with Crippen molar-refractivity contribution in [2.45, 2.75) is 6.42 Å². The molecule has 1 aliphatic heterocycles. The van der Waals surface area contributed by atoms with Crippen LogP contribution in [0.25, 0.3) is 0 Å². The topological polar surface area (TPSA) is 70.7 Å². The molecule has 114 valence electrons. The number of piperazine rings is 1. The third kappa shape index (κ3) is 5.43. The molecule has 1 fully saturated rings. The summed E-state index contributed by atoms with van der Waals surface area (Å²) in [6.45, 7) is 3.38. The van der Waals surface area contributed by atoms with Crippen LogP contribution in [0.15, 0.2) is 30.3 Å². The molecule has 6 nitrogen and oxygen atoms in total. The molecule has 1 saturated heterocycles. The molecule has 1 heterocycles. The minimum Gasteiger partial charge on any atom is -0.493 e. The van der Waals surface area contributed by atoms with Crippen molar-refractivity contribution in [3.05, 3.63) is 30.3 Å². The first kappa shape index (κ1) is 15.3. The van der Waals surface area contributed by atoms with E-state index in [4.69, 9.17) is 4.74 Å². The van der Waals surface area contributed by atoms with E-state index in [0.29, 0.717) is 19.7 Å². The number of hydrogen-bond acceptors (Lipinski definition) is 4. The van der Waals surface area contributed by atoms with Crippen molar-refractivity contribution in [3.8, 4) is 5.75 Å². The van der Waals surface area contributed by atoms with E-state index < -0.39 is 0 Å². The fourth-order valence-corrected chi connectivity index (χ4v) is 2.07. The minimum absolute atomic E-state index is 0.0335. The fourth-order valence-electron chi connectivity index (χ4n) is 2.07. The number of benzene rings is 1. The first-order valence-corrected chi connectivity index (χ1v) is 7.19. The maximum absolute atomic E-state index is 11.9. The van der Waals surface area contributed by atoms with Crippen LogP contribution in [0, 0.1) is 0 Å². The molecule has 0 saturated carbocycles. The van der Waals surface area contributed by atoms with Crippen LogP contribution >= 0.6 is 0 Å². The molecule has 0 unspecified atom stereocenters. The van der Waals surface area contributed by atoms with Gasteiger partial charge in [0.1, 0.15) is 5.75 Å². The van der Waals surface area contributed by atoms with E-state index in [0.717, 1.165) is 18.8 Å². The number of hydrogen-bond donors (Lipinski definition) is 2. The molecule has 0 spiro atoms. The zero-order valence-electron chi connectivity index (χ0n) is 12.0. The van der Waals surface area contributed by atoms with Gasteiger partial charge in [0.15, 0.2) is 0 Å². The number of carbonyl (C=O) groups excluding carboxylic acids is 2. The maximum atomic E-state index is 11.9. The maximum Gasteiger partial charge on any atom is 0.242 e. The van der Waals surface area contributed by atoms with Gasteiger partial charge in [-0.2, -0.15) is 0 Å². The van der Waals surface area contributed by atoms with Gasteiger partial charge >= 0.3 is 0 Å². The summed E-state index contributed by atoms with van der Waals surface area (Å²) in [6.07, 6.45) is 0.240. The van der Waals surface area contributed by atoms with E-state index >= 15 is 0 Å². The van der Waals surface area contributed by atoms with Gasteiger partial charge < -0.3 is 20.3 Å². The highest BCUT2D eigenvalue weighted by molar-refractivity contribution is 5.84. The highest BCUT2D eigenvalue weighted by Crippen LogP contribution is 2.08. The molecular formula is C15H21N3O3. The van der Waals surface area contributed by atoms with E-state index in [9.17, 15) is 9.59 Å². The highest BCUT2D eigenvalue weighted by atomic mass is 16.5.